The number of benzene rings is 1. The molecule has 0 aliphatic carbocycles. The Labute approximate surface area is 190 Å². The molecule has 0 spiro atoms. The largest absolute Gasteiger partial charge is 0.361 e. The van der Waals surface area contributed by atoms with Crippen LogP contribution in [-0.4, -0.2) is 34.2 Å². The molecule has 0 radical (unpaired) electrons. The fraction of sp³-hybridized carbons (Fsp3) is 0.348. The number of nitrogens with zero attached hydrogens (tertiary/aromatic N) is 2. The second-order valence-electron chi connectivity index (χ2n) is 7.67. The molecule has 3 aromatic rings. The Morgan fingerprint density at radius 1 is 1.26 bits per heavy atom. The number of aryl methyl sites for hydroxylation is 2. The lowest BCUT2D eigenvalue weighted by Gasteiger charge is -2.28. The molecule has 31 heavy (non-hydrogen) atoms. The average molecular weight is 456 g/mol. The van der Waals surface area contributed by atoms with Crippen LogP contribution in [0.5, 0.6) is 0 Å². The number of aromatic nitrogens is 1. The zero-order valence-electron chi connectivity index (χ0n) is 17.9. The Bertz CT molecular complexity index is 1100. The highest BCUT2D eigenvalue weighted by molar-refractivity contribution is 7.99. The van der Waals surface area contributed by atoms with Crippen LogP contribution in [0.25, 0.3) is 0 Å². The van der Waals surface area contributed by atoms with Crippen LogP contribution in [-0.2, 0) is 23.5 Å². The van der Waals surface area contributed by atoms with Crippen LogP contribution in [0.1, 0.15) is 43.4 Å². The zero-order valence-corrected chi connectivity index (χ0v) is 19.5. The van der Waals surface area contributed by atoms with Gasteiger partial charge in [0.05, 0.1) is 11.4 Å². The van der Waals surface area contributed by atoms with Gasteiger partial charge in [0, 0.05) is 40.5 Å². The first kappa shape index (κ1) is 21.6. The van der Waals surface area contributed by atoms with Gasteiger partial charge in [-0.25, -0.2) is 0 Å². The van der Waals surface area contributed by atoms with Crippen molar-refractivity contribution in [3.05, 3.63) is 68.2 Å². The summed E-state index contributed by atoms with van der Waals surface area (Å²) >= 11 is 3.27. The molecule has 8 heteroatoms. The van der Waals surface area contributed by atoms with E-state index in [1.54, 1.807) is 11.3 Å². The van der Waals surface area contributed by atoms with Gasteiger partial charge in [-0.3, -0.25) is 9.59 Å². The standard InChI is InChI=1S/C23H25N3O3S2/c1-14-18(23(28)26-9-7-21-17(11-26)8-10-31-21)5-4-6-20(14)24-22(27)13-30-12-19-15(2)25-29-16(19)3/h4-6,8,10H,7,9,11-13H2,1-3H3,(H,24,27). The third-order valence-electron chi connectivity index (χ3n) is 5.59. The first-order valence-electron chi connectivity index (χ1n) is 10.2. The van der Waals surface area contributed by atoms with Crippen molar-refractivity contribution in [1.82, 2.24) is 10.1 Å². The molecule has 4 rings (SSSR count). The van der Waals surface area contributed by atoms with Crippen molar-refractivity contribution in [2.45, 2.75) is 39.5 Å². The normalized spacial score (nSPS) is 13.2. The molecule has 3 heterocycles. The highest BCUT2D eigenvalue weighted by atomic mass is 32.2. The van der Waals surface area contributed by atoms with Crippen LogP contribution in [0, 0.1) is 20.8 Å². The van der Waals surface area contributed by atoms with Crippen LogP contribution in [0.2, 0.25) is 0 Å². The van der Waals surface area contributed by atoms with Gasteiger partial charge in [-0.1, -0.05) is 11.2 Å². The van der Waals surface area contributed by atoms with E-state index in [1.807, 2.05) is 43.9 Å². The molecule has 0 fully saturated rings. The van der Waals surface area contributed by atoms with E-state index in [0.29, 0.717) is 29.3 Å². The molecule has 1 N–H and O–H groups in total. The number of carbonyl (C=O) groups excluding carboxylic acids is 2. The van der Waals surface area contributed by atoms with Crippen LogP contribution in [0.4, 0.5) is 5.69 Å². The molecule has 0 bridgehead atoms. The molecule has 162 valence electrons. The summed E-state index contributed by atoms with van der Waals surface area (Å²) in [6, 6.07) is 7.61. The van der Waals surface area contributed by atoms with Gasteiger partial charge < -0.3 is 14.7 Å². The van der Waals surface area contributed by atoms with Crippen molar-refractivity contribution in [1.29, 1.82) is 0 Å². The fourth-order valence-electron chi connectivity index (χ4n) is 3.73. The Hall–Kier alpha value is -2.58. The molecule has 0 saturated carbocycles. The highest BCUT2D eigenvalue weighted by Crippen LogP contribution is 2.27. The molecular formula is C23H25N3O3S2. The first-order valence-corrected chi connectivity index (χ1v) is 12.2. The number of thioether (sulfide) groups is 1. The lowest BCUT2D eigenvalue weighted by atomic mass is 10.0. The predicted octanol–water partition coefficient (Wildman–Crippen LogP) is 4.73. The number of nitrogens with one attached hydrogen (secondary N) is 1. The zero-order chi connectivity index (χ0) is 22.0. The van der Waals surface area contributed by atoms with Crippen molar-refractivity contribution in [3.8, 4) is 0 Å². The van der Waals surface area contributed by atoms with E-state index in [4.69, 9.17) is 4.52 Å². The van der Waals surface area contributed by atoms with E-state index in [0.717, 1.165) is 35.5 Å². The second kappa shape index (κ2) is 9.28. The Balaban J connectivity index is 1.38. The summed E-state index contributed by atoms with van der Waals surface area (Å²) in [6.45, 7) is 7.04. The van der Waals surface area contributed by atoms with Gasteiger partial charge in [0.1, 0.15) is 5.76 Å². The molecule has 2 aromatic heterocycles. The van der Waals surface area contributed by atoms with Crippen LogP contribution in [0.15, 0.2) is 34.2 Å². The number of thiophene rings is 1. The van der Waals surface area contributed by atoms with Crippen LogP contribution >= 0.6 is 23.1 Å². The van der Waals surface area contributed by atoms with Gasteiger partial charge in [-0.15, -0.1) is 23.1 Å². The minimum absolute atomic E-state index is 0.0123. The van der Waals surface area contributed by atoms with E-state index >= 15 is 0 Å². The number of amides is 2. The number of carbonyl (C=O) groups is 2. The highest BCUT2D eigenvalue weighted by Gasteiger charge is 2.24. The summed E-state index contributed by atoms with van der Waals surface area (Å²) < 4.78 is 5.17. The monoisotopic (exact) mass is 455 g/mol. The molecular weight excluding hydrogens is 430 g/mol. The lowest BCUT2D eigenvalue weighted by molar-refractivity contribution is -0.113. The van der Waals surface area contributed by atoms with Crippen molar-refractivity contribution in [2.24, 2.45) is 0 Å². The Morgan fingerprint density at radius 2 is 2.10 bits per heavy atom. The average Bonchev–Trinajstić information content (AvgIpc) is 3.35. The van der Waals surface area contributed by atoms with Gasteiger partial charge in [-0.2, -0.15) is 0 Å². The summed E-state index contributed by atoms with van der Waals surface area (Å²) in [7, 11) is 0. The van der Waals surface area contributed by atoms with Gasteiger partial charge in [0.2, 0.25) is 5.91 Å². The summed E-state index contributed by atoms with van der Waals surface area (Å²) in [5, 5.41) is 8.99. The summed E-state index contributed by atoms with van der Waals surface area (Å²) in [5.41, 5.74) is 5.26. The lowest BCUT2D eigenvalue weighted by Crippen LogP contribution is -2.35. The topological polar surface area (TPSA) is 75.4 Å². The molecule has 0 atom stereocenters. The van der Waals surface area contributed by atoms with Gasteiger partial charge in [-0.05, 0) is 61.9 Å². The molecule has 0 unspecified atom stereocenters. The van der Waals surface area contributed by atoms with Gasteiger partial charge in [0.15, 0.2) is 0 Å². The fourth-order valence-corrected chi connectivity index (χ4v) is 5.60. The predicted molar refractivity (Wildman–Crippen MR) is 125 cm³/mol. The molecule has 1 aliphatic heterocycles. The quantitative estimate of drug-likeness (QED) is 0.581. The van der Waals surface area contributed by atoms with Crippen LogP contribution < -0.4 is 5.32 Å². The summed E-state index contributed by atoms with van der Waals surface area (Å²) in [5.74, 6) is 1.70. The van der Waals surface area contributed by atoms with E-state index < -0.39 is 0 Å². The number of hydrogen-bond donors (Lipinski definition) is 1. The molecule has 1 aliphatic rings. The smallest absolute Gasteiger partial charge is 0.254 e. The number of anilines is 1. The Morgan fingerprint density at radius 3 is 2.87 bits per heavy atom. The van der Waals surface area contributed by atoms with Gasteiger partial charge in [0.25, 0.3) is 5.91 Å². The minimum atomic E-state index is -0.0923. The molecule has 2 amide bonds. The van der Waals surface area contributed by atoms with Crippen molar-refractivity contribution in [3.63, 3.8) is 0 Å². The number of rotatable bonds is 6. The third kappa shape index (κ3) is 4.70. The van der Waals surface area contributed by atoms with Crippen molar-refractivity contribution < 1.29 is 14.1 Å². The van der Waals surface area contributed by atoms with E-state index in [-0.39, 0.29) is 11.8 Å². The maximum absolute atomic E-state index is 13.2. The van der Waals surface area contributed by atoms with Gasteiger partial charge >= 0.3 is 0 Å². The maximum Gasteiger partial charge on any atom is 0.254 e. The van der Waals surface area contributed by atoms with E-state index in [2.05, 4.69) is 21.9 Å². The van der Waals surface area contributed by atoms with E-state index in [9.17, 15) is 9.59 Å². The molecule has 1 aromatic carbocycles. The number of fused-ring (bicyclic) bond motifs is 1. The summed E-state index contributed by atoms with van der Waals surface area (Å²) in [4.78, 5) is 28.9. The second-order valence-corrected chi connectivity index (χ2v) is 9.65. The SMILES string of the molecule is Cc1noc(C)c1CSCC(=O)Nc1cccc(C(=O)N2CCc3sccc3C2)c1C. The maximum atomic E-state index is 13.2. The Kier molecular flexibility index (Phi) is 6.48. The summed E-state index contributed by atoms with van der Waals surface area (Å²) in [6.07, 6.45) is 0.899. The van der Waals surface area contributed by atoms with Crippen molar-refractivity contribution in [2.75, 3.05) is 17.6 Å². The van der Waals surface area contributed by atoms with Crippen molar-refractivity contribution >= 4 is 40.6 Å². The first-order chi connectivity index (χ1) is 14.9. The minimum Gasteiger partial charge on any atom is -0.361 e. The molecule has 0 saturated heterocycles. The van der Waals surface area contributed by atoms with Crippen LogP contribution in [0.3, 0.4) is 0 Å². The molecule has 6 nitrogen and oxygen atoms in total. The number of hydrogen-bond acceptors (Lipinski definition) is 6. The third-order valence-corrected chi connectivity index (χ3v) is 7.58. The van der Waals surface area contributed by atoms with E-state index in [1.165, 1.54) is 22.2 Å².